The number of aliphatic hydroxyl groups is 7. The van der Waals surface area contributed by atoms with Gasteiger partial charge in [-0.3, -0.25) is 0 Å². The van der Waals surface area contributed by atoms with Gasteiger partial charge in [0.05, 0.1) is 13.2 Å². The van der Waals surface area contributed by atoms with E-state index >= 15 is 0 Å². The van der Waals surface area contributed by atoms with Crippen LogP contribution in [0.25, 0.3) is 0 Å². The minimum absolute atomic E-state index is 0.381. The van der Waals surface area contributed by atoms with E-state index in [1.54, 1.807) is 0 Å². The molecule has 142 valence electrons. The lowest BCUT2D eigenvalue weighted by atomic mass is 9.98. The van der Waals surface area contributed by atoms with Gasteiger partial charge in [0.15, 0.2) is 12.6 Å². The molecule has 10 unspecified atom stereocenters. The Kier molecular flexibility index (Phi) is 6.87. The van der Waals surface area contributed by atoms with Crippen LogP contribution in [0.4, 0.5) is 0 Å². The number of hydrogen-bond donors (Lipinski definition) is 7. The van der Waals surface area contributed by atoms with Crippen molar-refractivity contribution in [2.75, 3.05) is 20.3 Å². The third kappa shape index (κ3) is 3.86. The molecule has 0 saturated carbocycles. The van der Waals surface area contributed by atoms with Crippen LogP contribution < -0.4 is 0 Å². The molecule has 11 heteroatoms. The Labute approximate surface area is 137 Å². The minimum atomic E-state index is -1.60. The second-order valence-electron chi connectivity index (χ2n) is 5.78. The molecule has 0 bridgehead atoms. The largest absolute Gasteiger partial charge is 0.394 e. The molecule has 2 saturated heterocycles. The molecule has 2 rings (SSSR count). The lowest BCUT2D eigenvalue weighted by molar-refractivity contribution is -0.328. The fourth-order valence-electron chi connectivity index (χ4n) is 2.64. The molecule has 0 aromatic carbocycles. The number of ether oxygens (including phenoxy) is 4. The van der Waals surface area contributed by atoms with Crippen molar-refractivity contribution in [1.29, 1.82) is 0 Å². The summed E-state index contributed by atoms with van der Waals surface area (Å²) in [6.45, 7) is -0.989. The normalized spacial score (nSPS) is 50.0. The smallest absolute Gasteiger partial charge is 0.186 e. The Balaban J connectivity index is 1.96. The first-order valence-corrected chi connectivity index (χ1v) is 7.46. The molecule has 2 aliphatic rings. The highest BCUT2D eigenvalue weighted by Gasteiger charge is 2.47. The van der Waals surface area contributed by atoms with Gasteiger partial charge in [-0.2, -0.15) is 0 Å². The van der Waals surface area contributed by atoms with Crippen LogP contribution in [0.5, 0.6) is 0 Å². The summed E-state index contributed by atoms with van der Waals surface area (Å²) in [7, 11) is 1.24. The quantitative estimate of drug-likeness (QED) is 0.251. The van der Waals surface area contributed by atoms with Crippen molar-refractivity contribution in [3.63, 3.8) is 0 Å². The summed E-state index contributed by atoms with van der Waals surface area (Å²) in [4.78, 5) is 0. The fourth-order valence-corrected chi connectivity index (χ4v) is 2.64. The van der Waals surface area contributed by atoms with Crippen molar-refractivity contribution in [2.24, 2.45) is 0 Å². The second-order valence-corrected chi connectivity index (χ2v) is 5.78. The predicted molar refractivity (Wildman–Crippen MR) is 73.4 cm³/mol. The van der Waals surface area contributed by atoms with Gasteiger partial charge in [-0.1, -0.05) is 0 Å². The molecule has 0 aliphatic carbocycles. The zero-order valence-electron chi connectivity index (χ0n) is 13.0. The monoisotopic (exact) mass is 356 g/mol. The molecular formula is C13H24O11. The first kappa shape index (κ1) is 19.9. The molecule has 24 heavy (non-hydrogen) atoms. The summed E-state index contributed by atoms with van der Waals surface area (Å²) in [6.07, 6.45) is -14.0. The summed E-state index contributed by atoms with van der Waals surface area (Å²) in [6, 6.07) is 0. The molecular weight excluding hydrogens is 332 g/mol. The van der Waals surface area contributed by atoms with Crippen molar-refractivity contribution in [2.45, 2.75) is 61.4 Å². The van der Waals surface area contributed by atoms with E-state index in [1.165, 1.54) is 7.11 Å². The van der Waals surface area contributed by atoms with Gasteiger partial charge in [0.25, 0.3) is 0 Å². The summed E-state index contributed by atoms with van der Waals surface area (Å²) < 4.78 is 20.5. The van der Waals surface area contributed by atoms with Gasteiger partial charge < -0.3 is 54.7 Å². The number of aliphatic hydroxyl groups excluding tert-OH is 7. The summed E-state index contributed by atoms with van der Waals surface area (Å²) in [5.41, 5.74) is 0. The third-order valence-corrected chi connectivity index (χ3v) is 4.17. The van der Waals surface area contributed by atoms with E-state index in [-0.39, 0.29) is 6.61 Å². The van der Waals surface area contributed by atoms with Crippen molar-refractivity contribution in [3.05, 3.63) is 0 Å². The zero-order chi connectivity index (χ0) is 18.0. The maximum Gasteiger partial charge on any atom is 0.186 e. The first-order valence-electron chi connectivity index (χ1n) is 7.46. The van der Waals surface area contributed by atoms with Gasteiger partial charge >= 0.3 is 0 Å². The second kappa shape index (κ2) is 8.29. The Morgan fingerprint density at radius 1 is 0.708 bits per heavy atom. The van der Waals surface area contributed by atoms with E-state index in [4.69, 9.17) is 24.1 Å². The summed E-state index contributed by atoms with van der Waals surface area (Å²) in [5, 5.41) is 67.6. The van der Waals surface area contributed by atoms with Crippen LogP contribution in [0.15, 0.2) is 0 Å². The van der Waals surface area contributed by atoms with Crippen LogP contribution >= 0.6 is 0 Å². The molecule has 0 radical (unpaired) electrons. The van der Waals surface area contributed by atoms with Crippen LogP contribution in [0.3, 0.4) is 0 Å². The summed E-state index contributed by atoms with van der Waals surface area (Å²) in [5.74, 6) is 0. The Morgan fingerprint density at radius 2 is 1.21 bits per heavy atom. The van der Waals surface area contributed by atoms with E-state index < -0.39 is 68.0 Å². The van der Waals surface area contributed by atoms with E-state index in [9.17, 15) is 30.6 Å². The predicted octanol–water partition coefficient (Wildman–Crippen LogP) is -4.74. The van der Waals surface area contributed by atoms with Crippen LogP contribution in [0, 0.1) is 0 Å². The topological polar surface area (TPSA) is 179 Å². The van der Waals surface area contributed by atoms with E-state index in [0.29, 0.717) is 0 Å². The Bertz CT molecular complexity index is 356. The van der Waals surface area contributed by atoms with Crippen LogP contribution in [-0.4, -0.2) is 117 Å². The summed E-state index contributed by atoms with van der Waals surface area (Å²) >= 11 is 0. The molecule has 11 nitrogen and oxygen atoms in total. The highest BCUT2D eigenvalue weighted by molar-refractivity contribution is 4.91. The molecule has 2 aliphatic heterocycles. The molecule has 0 aromatic rings. The average Bonchev–Trinajstić information content (AvgIpc) is 2.58. The van der Waals surface area contributed by atoms with Gasteiger partial charge in [-0.25, -0.2) is 0 Å². The SMILES string of the molecule is COC1OC(COC2OC(CO)C(O)C(O)C2O)C(O)C(O)C1O. The van der Waals surface area contributed by atoms with Gasteiger partial charge in [-0.05, 0) is 0 Å². The van der Waals surface area contributed by atoms with Gasteiger partial charge in [0.1, 0.15) is 48.8 Å². The zero-order valence-corrected chi connectivity index (χ0v) is 13.0. The minimum Gasteiger partial charge on any atom is -0.394 e. The lowest BCUT2D eigenvalue weighted by Gasteiger charge is -2.42. The molecule has 0 spiro atoms. The number of rotatable bonds is 5. The van der Waals surface area contributed by atoms with Crippen LogP contribution in [0.1, 0.15) is 0 Å². The third-order valence-electron chi connectivity index (χ3n) is 4.17. The van der Waals surface area contributed by atoms with Gasteiger partial charge in [-0.15, -0.1) is 0 Å². The van der Waals surface area contributed by atoms with Gasteiger partial charge in [0.2, 0.25) is 0 Å². The van der Waals surface area contributed by atoms with Gasteiger partial charge in [0, 0.05) is 7.11 Å². The van der Waals surface area contributed by atoms with Crippen molar-refractivity contribution >= 4 is 0 Å². The molecule has 2 heterocycles. The molecule has 2 fully saturated rings. The van der Waals surface area contributed by atoms with E-state index in [1.807, 2.05) is 0 Å². The van der Waals surface area contributed by atoms with E-state index in [0.717, 1.165) is 0 Å². The van der Waals surface area contributed by atoms with Crippen molar-refractivity contribution < 1.29 is 54.7 Å². The number of hydrogen-bond acceptors (Lipinski definition) is 11. The molecule has 10 atom stereocenters. The fraction of sp³-hybridized carbons (Fsp3) is 1.00. The van der Waals surface area contributed by atoms with Crippen molar-refractivity contribution in [1.82, 2.24) is 0 Å². The van der Waals surface area contributed by atoms with E-state index in [2.05, 4.69) is 0 Å². The standard InChI is InChI=1S/C13H24O11/c1-21-12-10(19)9(18)7(16)5(24-12)3-22-13-11(20)8(17)6(15)4(2-14)23-13/h4-20H,2-3H2,1H3. The highest BCUT2D eigenvalue weighted by atomic mass is 16.7. The van der Waals surface area contributed by atoms with Crippen molar-refractivity contribution in [3.8, 4) is 0 Å². The molecule has 0 amide bonds. The lowest BCUT2D eigenvalue weighted by Crippen LogP contribution is -2.61. The average molecular weight is 356 g/mol. The molecule has 0 aromatic heterocycles. The molecule has 7 N–H and O–H groups in total. The van der Waals surface area contributed by atoms with Crippen LogP contribution in [-0.2, 0) is 18.9 Å². The van der Waals surface area contributed by atoms with Crippen LogP contribution in [0.2, 0.25) is 0 Å². The first-order chi connectivity index (χ1) is 11.3. The Morgan fingerprint density at radius 3 is 1.75 bits per heavy atom. The Hall–Kier alpha value is -0.440. The number of methoxy groups -OCH3 is 1. The maximum atomic E-state index is 9.91. The maximum absolute atomic E-state index is 9.91. The highest BCUT2D eigenvalue weighted by Crippen LogP contribution is 2.25.